The van der Waals surface area contributed by atoms with Crippen LogP contribution in [0.2, 0.25) is 0 Å². The van der Waals surface area contributed by atoms with Gasteiger partial charge in [0, 0.05) is 6.42 Å². The monoisotopic (exact) mass is 397 g/mol. The number of rotatable bonds is 10. The van der Waals surface area contributed by atoms with E-state index in [2.05, 4.69) is 20.3 Å². The number of carboxylic acid groups (broad SMARTS) is 1. The largest absolute Gasteiger partial charge is 0.481 e. The molecule has 2 rings (SSSR count). The van der Waals surface area contributed by atoms with Gasteiger partial charge in [-0.2, -0.15) is 0 Å². The average molecular weight is 397 g/mol. The highest BCUT2D eigenvalue weighted by molar-refractivity contribution is 7.91. The van der Waals surface area contributed by atoms with E-state index in [0.29, 0.717) is 6.42 Å². The molecule has 0 aliphatic carbocycles. The molecule has 2 N–H and O–H groups in total. The van der Waals surface area contributed by atoms with Gasteiger partial charge >= 0.3 is 5.97 Å². The molecular formula is C16H19N3O7S. The van der Waals surface area contributed by atoms with Gasteiger partial charge in [0.1, 0.15) is 6.61 Å². The van der Waals surface area contributed by atoms with Crippen molar-refractivity contribution in [3.05, 3.63) is 30.3 Å². The van der Waals surface area contributed by atoms with Gasteiger partial charge in [-0.1, -0.05) is 25.1 Å². The first-order chi connectivity index (χ1) is 12.8. The van der Waals surface area contributed by atoms with Crippen LogP contribution in [0.3, 0.4) is 0 Å². The minimum atomic E-state index is -3.97. The number of nitrogens with zero attached hydrogens (tertiary/aromatic N) is 2. The Hall–Kier alpha value is -2.95. The smallest absolute Gasteiger partial charge is 0.303 e. The van der Waals surface area contributed by atoms with Gasteiger partial charge in [-0.15, -0.1) is 0 Å². The molecule has 1 unspecified atom stereocenters. The summed E-state index contributed by atoms with van der Waals surface area (Å²) in [5, 5.41) is 17.7. The molecule has 0 aliphatic heterocycles. The summed E-state index contributed by atoms with van der Waals surface area (Å²) >= 11 is 0. The molecule has 27 heavy (non-hydrogen) atoms. The third-order valence-corrected chi connectivity index (χ3v) is 5.23. The van der Waals surface area contributed by atoms with Crippen molar-refractivity contribution in [2.75, 3.05) is 6.61 Å². The van der Waals surface area contributed by atoms with Crippen LogP contribution in [0, 0.1) is 0 Å². The Morgan fingerprint density at radius 2 is 1.93 bits per heavy atom. The van der Waals surface area contributed by atoms with E-state index >= 15 is 0 Å². The van der Waals surface area contributed by atoms with Crippen molar-refractivity contribution in [2.24, 2.45) is 0 Å². The molecular weight excluding hydrogens is 378 g/mol. The number of carbonyl (C=O) groups is 2. The molecule has 0 radical (unpaired) electrons. The molecule has 1 aromatic carbocycles. The second-order valence-electron chi connectivity index (χ2n) is 5.57. The molecule has 146 valence electrons. The minimum absolute atomic E-state index is 0.0135. The lowest BCUT2D eigenvalue weighted by atomic mass is 10.2. The summed E-state index contributed by atoms with van der Waals surface area (Å²) in [6, 6.07) is 7.17. The lowest BCUT2D eigenvalue weighted by Crippen LogP contribution is -2.38. The van der Waals surface area contributed by atoms with Crippen LogP contribution < -0.4 is 10.1 Å². The van der Waals surface area contributed by atoms with E-state index in [0.717, 1.165) is 0 Å². The molecule has 0 fully saturated rings. The molecule has 0 spiro atoms. The molecule has 2 aromatic rings. The average Bonchev–Trinajstić information content (AvgIpc) is 3.13. The Kier molecular flexibility index (Phi) is 6.88. The molecule has 1 amide bonds. The van der Waals surface area contributed by atoms with E-state index in [1.165, 1.54) is 12.1 Å². The van der Waals surface area contributed by atoms with E-state index in [-0.39, 0.29) is 30.2 Å². The third kappa shape index (κ3) is 5.51. The quantitative estimate of drug-likeness (QED) is 0.599. The van der Waals surface area contributed by atoms with Crippen molar-refractivity contribution >= 4 is 21.7 Å². The van der Waals surface area contributed by atoms with Crippen molar-refractivity contribution in [2.45, 2.75) is 42.1 Å². The number of carbonyl (C=O) groups excluding carboxylic acids is 1. The number of amides is 1. The maximum absolute atomic E-state index is 12.6. The molecule has 1 aromatic heterocycles. The van der Waals surface area contributed by atoms with E-state index < -0.39 is 32.8 Å². The van der Waals surface area contributed by atoms with Crippen molar-refractivity contribution in [3.63, 3.8) is 0 Å². The summed E-state index contributed by atoms with van der Waals surface area (Å²) in [6.45, 7) is 1.70. The van der Waals surface area contributed by atoms with Gasteiger partial charge in [-0.25, -0.2) is 13.0 Å². The normalized spacial score (nSPS) is 12.3. The summed E-state index contributed by atoms with van der Waals surface area (Å²) < 4.78 is 35.1. The third-order valence-electron chi connectivity index (χ3n) is 3.58. The number of hydrogen-bond donors (Lipinski definition) is 2. The van der Waals surface area contributed by atoms with Gasteiger partial charge in [-0.3, -0.25) is 9.59 Å². The molecule has 1 atom stereocenters. The zero-order chi connectivity index (χ0) is 19.9. The van der Waals surface area contributed by atoms with Gasteiger partial charge < -0.3 is 15.2 Å². The molecule has 1 heterocycles. The van der Waals surface area contributed by atoms with E-state index in [1.54, 1.807) is 25.1 Å². The topological polar surface area (TPSA) is 149 Å². The maximum Gasteiger partial charge on any atom is 0.303 e. The van der Waals surface area contributed by atoms with Crippen LogP contribution in [0.1, 0.15) is 26.2 Å². The highest BCUT2D eigenvalue weighted by atomic mass is 32.2. The first kappa shape index (κ1) is 20.4. The van der Waals surface area contributed by atoms with E-state index in [9.17, 15) is 18.0 Å². The second kappa shape index (κ2) is 9.12. The van der Waals surface area contributed by atoms with Crippen LogP contribution in [0.4, 0.5) is 0 Å². The molecule has 0 aliphatic rings. The van der Waals surface area contributed by atoms with Gasteiger partial charge in [0.2, 0.25) is 15.7 Å². The number of sulfone groups is 1. The predicted molar refractivity (Wildman–Crippen MR) is 90.8 cm³/mol. The molecule has 11 heteroatoms. The number of hydrogen-bond acceptors (Lipinski definition) is 8. The molecule has 10 nitrogen and oxygen atoms in total. The minimum Gasteiger partial charge on any atom is -0.481 e. The van der Waals surface area contributed by atoms with Crippen LogP contribution in [0.25, 0.3) is 0 Å². The predicted octanol–water partition coefficient (Wildman–Crippen LogP) is 1.04. The SMILES string of the molecule is CCC(COc1nonc1S(=O)(=O)c1ccccc1)NC(=O)CCC(=O)O. The van der Waals surface area contributed by atoms with Crippen molar-refractivity contribution in [1.29, 1.82) is 0 Å². The summed E-state index contributed by atoms with van der Waals surface area (Å²) in [5.74, 6) is -1.82. The standard InChI is InChI=1S/C16H19N3O7S/c1-2-11(17-13(20)8-9-14(21)22)10-25-15-16(19-26-18-15)27(23,24)12-6-4-3-5-7-12/h3-7,11H,2,8-10H2,1H3,(H,17,20)(H,21,22). The summed E-state index contributed by atoms with van der Waals surface area (Å²) in [7, 11) is -3.97. The van der Waals surface area contributed by atoms with Gasteiger partial charge in [0.05, 0.1) is 17.4 Å². The molecule has 0 saturated heterocycles. The van der Waals surface area contributed by atoms with E-state index in [4.69, 9.17) is 9.84 Å². The number of ether oxygens (including phenoxy) is 1. The Morgan fingerprint density at radius 1 is 1.22 bits per heavy atom. The first-order valence-corrected chi connectivity index (χ1v) is 9.59. The zero-order valence-corrected chi connectivity index (χ0v) is 15.3. The lowest BCUT2D eigenvalue weighted by molar-refractivity contribution is -0.139. The van der Waals surface area contributed by atoms with E-state index in [1.807, 2.05) is 0 Å². The Balaban J connectivity index is 2.03. The van der Waals surface area contributed by atoms with Gasteiger partial charge in [-0.05, 0) is 28.9 Å². The summed E-state index contributed by atoms with van der Waals surface area (Å²) in [6.07, 6.45) is 0.0334. The highest BCUT2D eigenvalue weighted by Gasteiger charge is 2.28. The Morgan fingerprint density at radius 3 is 2.56 bits per heavy atom. The number of aliphatic carboxylic acids is 1. The fraction of sp³-hybridized carbons (Fsp3) is 0.375. The number of benzene rings is 1. The zero-order valence-electron chi connectivity index (χ0n) is 14.5. The Bertz CT molecular complexity index is 880. The first-order valence-electron chi connectivity index (χ1n) is 8.11. The number of aromatic nitrogens is 2. The lowest BCUT2D eigenvalue weighted by Gasteiger charge is -2.16. The second-order valence-corrected chi connectivity index (χ2v) is 7.43. The summed E-state index contributed by atoms with van der Waals surface area (Å²) in [5.41, 5.74) is 0. The van der Waals surface area contributed by atoms with Crippen molar-refractivity contribution in [1.82, 2.24) is 15.6 Å². The summed E-state index contributed by atoms with van der Waals surface area (Å²) in [4.78, 5) is 22.2. The fourth-order valence-electron chi connectivity index (χ4n) is 2.10. The van der Waals surface area contributed by atoms with Crippen molar-refractivity contribution < 1.29 is 32.5 Å². The fourth-order valence-corrected chi connectivity index (χ4v) is 3.29. The van der Waals surface area contributed by atoms with Crippen LogP contribution in [0.15, 0.2) is 44.9 Å². The van der Waals surface area contributed by atoms with Crippen LogP contribution >= 0.6 is 0 Å². The number of carboxylic acids is 1. The van der Waals surface area contributed by atoms with Crippen molar-refractivity contribution in [3.8, 4) is 5.88 Å². The van der Waals surface area contributed by atoms with Gasteiger partial charge in [0.15, 0.2) is 0 Å². The number of nitrogens with one attached hydrogen (secondary N) is 1. The van der Waals surface area contributed by atoms with Crippen LogP contribution in [0.5, 0.6) is 5.88 Å². The molecule has 0 bridgehead atoms. The Labute approximate surface area is 155 Å². The highest BCUT2D eigenvalue weighted by Crippen LogP contribution is 2.26. The maximum atomic E-state index is 12.6. The molecule has 0 saturated carbocycles. The van der Waals surface area contributed by atoms with Crippen LogP contribution in [-0.4, -0.2) is 48.4 Å². The van der Waals surface area contributed by atoms with Crippen LogP contribution in [-0.2, 0) is 19.4 Å². The van der Waals surface area contributed by atoms with Gasteiger partial charge in [0.25, 0.3) is 10.9 Å².